The fraction of sp³-hybridized carbons (Fsp3) is 0.333. The zero-order valence-electron chi connectivity index (χ0n) is 9.32. The highest BCUT2D eigenvalue weighted by molar-refractivity contribution is 6.29. The van der Waals surface area contributed by atoms with Crippen molar-refractivity contribution in [3.63, 3.8) is 0 Å². The summed E-state index contributed by atoms with van der Waals surface area (Å²) in [7, 11) is 0. The predicted octanol–water partition coefficient (Wildman–Crippen LogP) is 2.77. The van der Waals surface area contributed by atoms with E-state index in [9.17, 15) is 4.79 Å². The minimum Gasteiger partial charge on any atom is -0.335 e. The summed E-state index contributed by atoms with van der Waals surface area (Å²) < 4.78 is 0. The van der Waals surface area contributed by atoms with Gasteiger partial charge < -0.3 is 4.90 Å². The Hall–Kier alpha value is -1.35. The Morgan fingerprint density at radius 3 is 3.00 bits per heavy atom. The second-order valence-electron chi connectivity index (χ2n) is 3.41. The lowest BCUT2D eigenvalue weighted by Gasteiger charge is -2.20. The van der Waals surface area contributed by atoms with E-state index in [-0.39, 0.29) is 5.91 Å². The monoisotopic (exact) mass is 238 g/mol. The topological polar surface area (TPSA) is 33.2 Å². The molecule has 1 rings (SSSR count). The van der Waals surface area contributed by atoms with Crippen LogP contribution < -0.4 is 0 Å². The normalized spacial score (nSPS) is 9.88. The molecule has 0 saturated carbocycles. The molecule has 0 spiro atoms. The van der Waals surface area contributed by atoms with Gasteiger partial charge in [0.05, 0.1) is 0 Å². The third-order valence-corrected chi connectivity index (χ3v) is 2.31. The summed E-state index contributed by atoms with van der Waals surface area (Å²) in [6.07, 6.45) is 4.17. The van der Waals surface area contributed by atoms with Gasteiger partial charge in [0.1, 0.15) is 5.15 Å². The minimum absolute atomic E-state index is 0.0361. The van der Waals surface area contributed by atoms with Gasteiger partial charge in [-0.1, -0.05) is 24.6 Å². The van der Waals surface area contributed by atoms with Crippen molar-refractivity contribution in [3.05, 3.63) is 41.7 Å². The number of amides is 1. The number of carbonyl (C=O) groups is 1. The molecule has 4 heteroatoms. The zero-order chi connectivity index (χ0) is 12.0. The van der Waals surface area contributed by atoms with E-state index < -0.39 is 0 Å². The molecular formula is C12H15ClN2O. The Balaban J connectivity index is 2.85. The Bertz CT molecular complexity index is 379. The van der Waals surface area contributed by atoms with Crippen LogP contribution in [0.15, 0.2) is 31.0 Å². The van der Waals surface area contributed by atoms with Crippen molar-refractivity contribution >= 4 is 17.5 Å². The second-order valence-corrected chi connectivity index (χ2v) is 3.79. The van der Waals surface area contributed by atoms with Crippen LogP contribution in [-0.2, 0) is 0 Å². The van der Waals surface area contributed by atoms with Gasteiger partial charge >= 0.3 is 0 Å². The molecule has 0 fully saturated rings. The van der Waals surface area contributed by atoms with Gasteiger partial charge in [-0.25, -0.2) is 4.98 Å². The molecule has 1 aromatic rings. The van der Waals surface area contributed by atoms with Gasteiger partial charge in [0.15, 0.2) is 0 Å². The molecule has 86 valence electrons. The van der Waals surface area contributed by atoms with E-state index in [1.54, 1.807) is 23.1 Å². The van der Waals surface area contributed by atoms with Gasteiger partial charge in [0, 0.05) is 24.8 Å². The average molecular weight is 239 g/mol. The van der Waals surface area contributed by atoms with E-state index in [2.05, 4.69) is 11.6 Å². The summed E-state index contributed by atoms with van der Waals surface area (Å²) in [4.78, 5) is 17.7. The molecule has 0 unspecified atom stereocenters. The number of halogens is 1. The largest absolute Gasteiger partial charge is 0.335 e. The first-order valence-corrected chi connectivity index (χ1v) is 5.58. The molecule has 0 N–H and O–H groups in total. The molecule has 0 aliphatic heterocycles. The van der Waals surface area contributed by atoms with Crippen LogP contribution >= 0.6 is 11.6 Å². The Labute approximate surface area is 101 Å². The number of carbonyl (C=O) groups excluding carboxylic acids is 1. The quantitative estimate of drug-likeness (QED) is 0.584. The molecule has 1 heterocycles. The lowest BCUT2D eigenvalue weighted by atomic mass is 10.2. The van der Waals surface area contributed by atoms with E-state index in [0.29, 0.717) is 23.8 Å². The number of rotatable bonds is 5. The van der Waals surface area contributed by atoms with Crippen LogP contribution in [0.4, 0.5) is 0 Å². The standard InChI is InChI=1S/C12H15ClN2O/c1-3-7-15(8-4-2)12(16)10-5-6-14-11(13)9-10/h3,5-6,9H,1,4,7-8H2,2H3. The summed E-state index contributed by atoms with van der Waals surface area (Å²) >= 11 is 5.75. The minimum atomic E-state index is -0.0361. The van der Waals surface area contributed by atoms with E-state index in [1.807, 2.05) is 6.92 Å². The SMILES string of the molecule is C=CCN(CCC)C(=O)c1ccnc(Cl)c1. The number of aromatic nitrogens is 1. The predicted molar refractivity (Wildman–Crippen MR) is 65.6 cm³/mol. The van der Waals surface area contributed by atoms with Gasteiger partial charge in [0.25, 0.3) is 5.91 Å². The van der Waals surface area contributed by atoms with Crippen molar-refractivity contribution in [2.75, 3.05) is 13.1 Å². The van der Waals surface area contributed by atoms with Gasteiger partial charge in [-0.3, -0.25) is 4.79 Å². The molecule has 0 atom stereocenters. The molecule has 0 aliphatic rings. The Morgan fingerprint density at radius 2 is 2.44 bits per heavy atom. The fourth-order valence-electron chi connectivity index (χ4n) is 1.42. The third-order valence-electron chi connectivity index (χ3n) is 2.10. The molecule has 0 radical (unpaired) electrons. The average Bonchev–Trinajstić information content (AvgIpc) is 2.28. The van der Waals surface area contributed by atoms with Gasteiger partial charge in [0.2, 0.25) is 0 Å². The zero-order valence-corrected chi connectivity index (χ0v) is 10.1. The molecule has 1 amide bonds. The lowest BCUT2D eigenvalue weighted by Crippen LogP contribution is -2.31. The molecule has 0 bridgehead atoms. The van der Waals surface area contributed by atoms with Crippen molar-refractivity contribution in [2.45, 2.75) is 13.3 Å². The first kappa shape index (κ1) is 12.7. The first-order chi connectivity index (χ1) is 7.69. The van der Waals surface area contributed by atoms with Crippen molar-refractivity contribution < 1.29 is 4.79 Å². The molecule has 1 aromatic heterocycles. The van der Waals surface area contributed by atoms with Crippen LogP contribution in [0.3, 0.4) is 0 Å². The fourth-order valence-corrected chi connectivity index (χ4v) is 1.59. The Morgan fingerprint density at radius 1 is 1.69 bits per heavy atom. The third kappa shape index (κ3) is 3.35. The smallest absolute Gasteiger partial charge is 0.254 e. The summed E-state index contributed by atoms with van der Waals surface area (Å²) in [6, 6.07) is 3.25. The van der Waals surface area contributed by atoms with Crippen molar-refractivity contribution in [1.82, 2.24) is 9.88 Å². The van der Waals surface area contributed by atoms with Gasteiger partial charge in [-0.05, 0) is 18.6 Å². The highest BCUT2D eigenvalue weighted by atomic mass is 35.5. The van der Waals surface area contributed by atoms with Crippen molar-refractivity contribution in [3.8, 4) is 0 Å². The Kier molecular flexibility index (Phi) is 4.99. The number of hydrogen-bond donors (Lipinski definition) is 0. The summed E-state index contributed by atoms with van der Waals surface area (Å²) in [5.41, 5.74) is 0.565. The van der Waals surface area contributed by atoms with Crippen LogP contribution in [0.2, 0.25) is 5.15 Å². The summed E-state index contributed by atoms with van der Waals surface area (Å²) in [5, 5.41) is 0.334. The molecule has 0 aromatic carbocycles. The van der Waals surface area contributed by atoms with Gasteiger partial charge in [-0.2, -0.15) is 0 Å². The number of pyridine rings is 1. The summed E-state index contributed by atoms with van der Waals surface area (Å²) in [5.74, 6) is -0.0361. The maximum atomic E-state index is 12.1. The first-order valence-electron chi connectivity index (χ1n) is 5.20. The van der Waals surface area contributed by atoms with Gasteiger partial charge in [-0.15, -0.1) is 6.58 Å². The van der Waals surface area contributed by atoms with Crippen LogP contribution in [0.1, 0.15) is 23.7 Å². The highest BCUT2D eigenvalue weighted by Gasteiger charge is 2.13. The lowest BCUT2D eigenvalue weighted by molar-refractivity contribution is 0.0774. The molecule has 3 nitrogen and oxygen atoms in total. The molecule has 0 saturated heterocycles. The molecule has 0 aliphatic carbocycles. The number of hydrogen-bond acceptors (Lipinski definition) is 2. The van der Waals surface area contributed by atoms with E-state index in [0.717, 1.165) is 6.42 Å². The molecular weight excluding hydrogens is 224 g/mol. The second kappa shape index (κ2) is 6.28. The number of nitrogens with zero attached hydrogens (tertiary/aromatic N) is 2. The maximum Gasteiger partial charge on any atom is 0.254 e. The van der Waals surface area contributed by atoms with Crippen LogP contribution in [-0.4, -0.2) is 28.9 Å². The summed E-state index contributed by atoms with van der Waals surface area (Å²) in [6.45, 7) is 6.94. The van der Waals surface area contributed by atoms with E-state index in [1.165, 1.54) is 6.20 Å². The molecule has 16 heavy (non-hydrogen) atoms. The van der Waals surface area contributed by atoms with Crippen LogP contribution in [0.5, 0.6) is 0 Å². The maximum absolute atomic E-state index is 12.1. The van der Waals surface area contributed by atoms with E-state index in [4.69, 9.17) is 11.6 Å². The van der Waals surface area contributed by atoms with Crippen LogP contribution in [0.25, 0.3) is 0 Å². The van der Waals surface area contributed by atoms with Crippen molar-refractivity contribution in [1.29, 1.82) is 0 Å². The van der Waals surface area contributed by atoms with E-state index >= 15 is 0 Å². The van der Waals surface area contributed by atoms with Crippen molar-refractivity contribution in [2.24, 2.45) is 0 Å². The van der Waals surface area contributed by atoms with Crippen LogP contribution in [0, 0.1) is 0 Å². The highest BCUT2D eigenvalue weighted by Crippen LogP contribution is 2.10.